The van der Waals surface area contributed by atoms with Gasteiger partial charge >= 0.3 is 5.97 Å². The maximum atomic E-state index is 12.2. The van der Waals surface area contributed by atoms with Gasteiger partial charge in [-0.25, -0.2) is 4.79 Å². The van der Waals surface area contributed by atoms with Crippen molar-refractivity contribution in [1.29, 1.82) is 0 Å². The summed E-state index contributed by atoms with van der Waals surface area (Å²) in [5.41, 5.74) is 3.99. The molecule has 1 aliphatic heterocycles. The molecule has 0 radical (unpaired) electrons. The van der Waals surface area contributed by atoms with E-state index in [2.05, 4.69) is 21.2 Å². The number of carbonyl (C=O) groups excluding carboxylic acids is 2. The van der Waals surface area contributed by atoms with E-state index in [0.717, 1.165) is 21.3 Å². The summed E-state index contributed by atoms with van der Waals surface area (Å²) >= 11 is 3.36. The van der Waals surface area contributed by atoms with Crippen molar-refractivity contribution in [3.8, 4) is 11.5 Å². The van der Waals surface area contributed by atoms with Crippen molar-refractivity contribution in [1.82, 2.24) is 0 Å². The molecule has 0 saturated heterocycles. The molecule has 1 heterocycles. The predicted molar refractivity (Wildman–Crippen MR) is 118 cm³/mol. The van der Waals surface area contributed by atoms with Gasteiger partial charge in [-0.2, -0.15) is 0 Å². The molecule has 158 valence electrons. The molecule has 0 saturated carbocycles. The summed E-state index contributed by atoms with van der Waals surface area (Å²) in [5, 5.41) is 13.5. The third-order valence-corrected chi connectivity index (χ3v) is 5.71. The fraction of sp³-hybridized carbons (Fsp3) is 0.304. The molecule has 3 rings (SSSR count). The van der Waals surface area contributed by atoms with E-state index in [1.807, 2.05) is 44.2 Å². The third-order valence-electron chi connectivity index (χ3n) is 5.18. The first-order valence-electron chi connectivity index (χ1n) is 9.61. The number of hydrogen-bond acceptors (Lipinski definition) is 5. The Kier molecular flexibility index (Phi) is 6.82. The van der Waals surface area contributed by atoms with Crippen LogP contribution in [-0.4, -0.2) is 24.1 Å². The highest BCUT2D eigenvalue weighted by molar-refractivity contribution is 9.10. The number of esters is 1. The Balaban J connectivity index is 1.67. The van der Waals surface area contributed by atoms with Crippen molar-refractivity contribution < 1.29 is 24.2 Å². The minimum atomic E-state index is -0.514. The summed E-state index contributed by atoms with van der Waals surface area (Å²) < 4.78 is 11.5. The summed E-state index contributed by atoms with van der Waals surface area (Å²) in [7, 11) is 1.54. The van der Waals surface area contributed by atoms with Gasteiger partial charge in [0.05, 0.1) is 7.11 Å². The van der Waals surface area contributed by atoms with Crippen LogP contribution in [-0.2, 0) is 22.6 Å². The number of halogens is 1. The van der Waals surface area contributed by atoms with Gasteiger partial charge in [-0.3, -0.25) is 4.79 Å². The molecule has 6 nitrogen and oxygen atoms in total. The molecule has 1 amide bonds. The number of cyclic esters (lactones) is 1. The minimum Gasteiger partial charge on any atom is -0.507 e. The van der Waals surface area contributed by atoms with Crippen LogP contribution in [0.1, 0.15) is 46.8 Å². The van der Waals surface area contributed by atoms with Crippen LogP contribution in [0.2, 0.25) is 0 Å². The van der Waals surface area contributed by atoms with Gasteiger partial charge in [-0.1, -0.05) is 27.6 Å². The number of methoxy groups -OCH3 is 1. The number of phenolic OH excluding ortho intramolecular Hbond substituents is 1. The van der Waals surface area contributed by atoms with Gasteiger partial charge in [0.25, 0.3) is 0 Å². The average Bonchev–Trinajstić information content (AvgIpc) is 3.11. The Bertz CT molecular complexity index is 1010. The molecular weight excluding hydrogens is 450 g/mol. The second-order valence-corrected chi connectivity index (χ2v) is 8.14. The van der Waals surface area contributed by atoms with Crippen molar-refractivity contribution in [3.63, 3.8) is 0 Å². The number of ether oxygens (including phenoxy) is 2. The Labute approximate surface area is 184 Å². The fourth-order valence-corrected chi connectivity index (χ4v) is 3.74. The van der Waals surface area contributed by atoms with Crippen LogP contribution in [0.5, 0.6) is 11.5 Å². The van der Waals surface area contributed by atoms with E-state index in [9.17, 15) is 14.7 Å². The molecule has 0 spiro atoms. The second kappa shape index (κ2) is 9.34. The first kappa shape index (κ1) is 21.9. The lowest BCUT2D eigenvalue weighted by Crippen LogP contribution is -2.11. The van der Waals surface area contributed by atoms with Gasteiger partial charge in [0.15, 0.2) is 0 Å². The van der Waals surface area contributed by atoms with Crippen molar-refractivity contribution >= 4 is 33.5 Å². The van der Waals surface area contributed by atoms with E-state index in [1.165, 1.54) is 0 Å². The predicted octanol–water partition coefficient (Wildman–Crippen LogP) is 5.05. The molecule has 30 heavy (non-hydrogen) atoms. The smallest absolute Gasteiger partial charge is 0.342 e. The van der Waals surface area contributed by atoms with Crippen molar-refractivity contribution in [2.75, 3.05) is 12.4 Å². The Hall–Kier alpha value is -2.80. The van der Waals surface area contributed by atoms with Crippen LogP contribution < -0.4 is 10.1 Å². The Morgan fingerprint density at radius 1 is 1.30 bits per heavy atom. The van der Waals surface area contributed by atoms with E-state index >= 15 is 0 Å². The molecule has 0 atom stereocenters. The number of hydrogen-bond donors (Lipinski definition) is 2. The molecule has 2 aromatic rings. The highest BCUT2D eigenvalue weighted by Crippen LogP contribution is 2.42. The van der Waals surface area contributed by atoms with Crippen molar-refractivity contribution in [3.05, 3.63) is 62.6 Å². The number of phenols is 1. The zero-order chi connectivity index (χ0) is 21.8. The van der Waals surface area contributed by atoms with Crippen LogP contribution >= 0.6 is 15.9 Å². The number of aromatic hydroxyl groups is 1. The largest absolute Gasteiger partial charge is 0.507 e. The quantitative estimate of drug-likeness (QED) is 0.434. The fourth-order valence-electron chi connectivity index (χ4n) is 3.47. The third kappa shape index (κ3) is 4.67. The van der Waals surface area contributed by atoms with Gasteiger partial charge in [-0.15, -0.1) is 0 Å². The van der Waals surface area contributed by atoms with E-state index in [0.29, 0.717) is 36.1 Å². The maximum Gasteiger partial charge on any atom is 0.342 e. The molecule has 0 aromatic heterocycles. The van der Waals surface area contributed by atoms with Gasteiger partial charge in [0.2, 0.25) is 5.91 Å². The Morgan fingerprint density at radius 2 is 2.00 bits per heavy atom. The standard InChI is InChI=1S/C23H24BrNO5/c1-13(5-11-19(26)25-16-8-6-15(24)7-9-16)4-10-17-21(27)20-18(12-30-23(20)28)14(2)22(17)29-3/h4,6-9,27H,5,10-12H2,1-3H3,(H,25,26). The second-order valence-electron chi connectivity index (χ2n) is 7.22. The Morgan fingerprint density at radius 3 is 2.67 bits per heavy atom. The number of anilines is 1. The summed E-state index contributed by atoms with van der Waals surface area (Å²) in [6, 6.07) is 7.41. The normalized spacial score (nSPS) is 13.1. The number of rotatable bonds is 7. The van der Waals surface area contributed by atoms with Crippen LogP contribution in [0.15, 0.2) is 40.4 Å². The molecule has 0 aliphatic carbocycles. The topological polar surface area (TPSA) is 84.9 Å². The minimum absolute atomic E-state index is 0.0679. The molecule has 2 aromatic carbocycles. The first-order chi connectivity index (χ1) is 14.3. The number of carbonyl (C=O) groups is 2. The van der Waals surface area contributed by atoms with Crippen LogP contribution in [0.25, 0.3) is 0 Å². The van der Waals surface area contributed by atoms with Gasteiger partial charge in [0.1, 0.15) is 23.7 Å². The maximum absolute atomic E-state index is 12.2. The lowest BCUT2D eigenvalue weighted by molar-refractivity contribution is -0.116. The number of allylic oxidation sites excluding steroid dienone is 2. The molecule has 0 fully saturated rings. The van der Waals surface area contributed by atoms with Crippen molar-refractivity contribution in [2.45, 2.75) is 39.7 Å². The van der Waals surface area contributed by atoms with Crippen LogP contribution in [0.4, 0.5) is 5.69 Å². The SMILES string of the molecule is COc1c(C)c2c(c(O)c1CC=C(C)CCC(=O)Nc1ccc(Br)cc1)C(=O)OC2. The highest BCUT2D eigenvalue weighted by atomic mass is 79.9. The lowest BCUT2D eigenvalue weighted by atomic mass is 9.94. The first-order valence-corrected chi connectivity index (χ1v) is 10.4. The van der Waals surface area contributed by atoms with Crippen LogP contribution in [0, 0.1) is 6.92 Å². The summed E-state index contributed by atoms with van der Waals surface area (Å²) in [6.07, 6.45) is 3.25. The molecule has 1 aliphatic rings. The number of nitrogens with one attached hydrogen (secondary N) is 1. The van der Waals surface area contributed by atoms with Crippen LogP contribution in [0.3, 0.4) is 0 Å². The average molecular weight is 474 g/mol. The summed E-state index contributed by atoms with van der Waals surface area (Å²) in [5.74, 6) is -0.116. The summed E-state index contributed by atoms with van der Waals surface area (Å²) in [4.78, 5) is 24.2. The van der Waals surface area contributed by atoms with Gasteiger partial charge in [-0.05, 0) is 56.5 Å². The molecular formula is C23H24BrNO5. The molecule has 2 N–H and O–H groups in total. The van der Waals surface area contributed by atoms with E-state index < -0.39 is 5.97 Å². The lowest BCUT2D eigenvalue weighted by Gasteiger charge is -2.15. The zero-order valence-electron chi connectivity index (χ0n) is 17.2. The van der Waals surface area contributed by atoms with E-state index in [-0.39, 0.29) is 23.8 Å². The van der Waals surface area contributed by atoms with E-state index in [4.69, 9.17) is 9.47 Å². The van der Waals surface area contributed by atoms with Crippen molar-refractivity contribution in [2.24, 2.45) is 0 Å². The molecule has 0 unspecified atom stereocenters. The number of fused-ring (bicyclic) bond motifs is 1. The number of benzene rings is 2. The van der Waals surface area contributed by atoms with E-state index in [1.54, 1.807) is 7.11 Å². The molecule has 0 bridgehead atoms. The summed E-state index contributed by atoms with van der Waals surface area (Å²) in [6.45, 7) is 3.93. The van der Waals surface area contributed by atoms with Gasteiger partial charge < -0.3 is 19.9 Å². The monoisotopic (exact) mass is 473 g/mol. The zero-order valence-corrected chi connectivity index (χ0v) is 18.8. The van der Waals surface area contributed by atoms with Gasteiger partial charge in [0, 0.05) is 27.7 Å². The number of amides is 1. The highest BCUT2D eigenvalue weighted by Gasteiger charge is 2.31. The molecule has 7 heteroatoms.